The molecule has 0 saturated carbocycles. The second-order valence-corrected chi connectivity index (χ2v) is 4.35. The van der Waals surface area contributed by atoms with Crippen LogP contribution < -0.4 is 0 Å². The molecule has 0 saturated heterocycles. The number of ketones is 1. The number of hydrogen-bond donors (Lipinski definition) is 0. The third-order valence-corrected chi connectivity index (χ3v) is 2.69. The Kier molecular flexibility index (Phi) is 4.73. The van der Waals surface area contributed by atoms with E-state index in [0.29, 0.717) is 12.3 Å². The van der Waals surface area contributed by atoms with E-state index < -0.39 is 0 Å². The molecular weight excluding hydrogens is 298 g/mol. The van der Waals surface area contributed by atoms with Crippen LogP contribution in [0.1, 0.15) is 23.2 Å². The van der Waals surface area contributed by atoms with Gasteiger partial charge in [-0.25, -0.2) is 0 Å². The molecule has 1 aromatic rings. The molecule has 13 heavy (non-hydrogen) atoms. The van der Waals surface area contributed by atoms with E-state index in [9.17, 15) is 4.79 Å². The Hall–Kier alpha value is -0.0900. The van der Waals surface area contributed by atoms with Crippen LogP contribution in [0.2, 0.25) is 0 Å². The minimum absolute atomic E-state index is 0.178. The van der Waals surface area contributed by atoms with Gasteiger partial charge in [0.2, 0.25) is 0 Å². The van der Waals surface area contributed by atoms with Gasteiger partial charge in [0.05, 0.1) is 0 Å². The van der Waals surface area contributed by atoms with Crippen molar-refractivity contribution in [1.29, 1.82) is 0 Å². The molecule has 0 spiro atoms. The highest BCUT2D eigenvalue weighted by atomic mass is 127. The lowest BCUT2D eigenvalue weighted by molar-refractivity contribution is 0.0982. The maximum atomic E-state index is 11.5. The van der Waals surface area contributed by atoms with Crippen LogP contribution in [0.4, 0.5) is 0 Å². The van der Waals surface area contributed by atoms with Gasteiger partial charge in [-0.05, 0) is 41.1 Å². The molecule has 0 heterocycles. The van der Waals surface area contributed by atoms with Gasteiger partial charge in [-0.3, -0.25) is 4.79 Å². The van der Waals surface area contributed by atoms with Crippen molar-refractivity contribution in [2.75, 3.05) is 5.88 Å². The van der Waals surface area contributed by atoms with Crippen LogP contribution in [0, 0.1) is 3.57 Å². The first-order chi connectivity index (χ1) is 6.24. The quantitative estimate of drug-likeness (QED) is 0.473. The molecule has 1 nitrogen and oxygen atoms in total. The molecule has 0 radical (unpaired) electrons. The lowest BCUT2D eigenvalue weighted by Gasteiger charge is -1.98. The third kappa shape index (κ3) is 3.65. The molecule has 1 aromatic carbocycles. The van der Waals surface area contributed by atoms with Gasteiger partial charge >= 0.3 is 0 Å². The summed E-state index contributed by atoms with van der Waals surface area (Å²) in [5.74, 6) is 0.730. The summed E-state index contributed by atoms with van der Waals surface area (Å²) in [6.45, 7) is 0. The fourth-order valence-electron chi connectivity index (χ4n) is 1.01. The predicted molar refractivity (Wildman–Crippen MR) is 63.4 cm³/mol. The molecule has 0 N–H and O–H groups in total. The number of halogens is 2. The summed E-state index contributed by atoms with van der Waals surface area (Å²) in [6, 6.07) is 7.60. The summed E-state index contributed by atoms with van der Waals surface area (Å²) < 4.78 is 1.14. The van der Waals surface area contributed by atoms with Crippen molar-refractivity contribution in [3.63, 3.8) is 0 Å². The second-order valence-electron chi connectivity index (χ2n) is 2.72. The third-order valence-electron chi connectivity index (χ3n) is 1.70. The highest BCUT2D eigenvalue weighted by molar-refractivity contribution is 14.1. The fourth-order valence-corrected chi connectivity index (χ4v) is 1.50. The number of carbonyl (C=O) groups excluding carboxylic acids is 1. The van der Waals surface area contributed by atoms with Gasteiger partial charge < -0.3 is 0 Å². The van der Waals surface area contributed by atoms with E-state index >= 15 is 0 Å². The van der Waals surface area contributed by atoms with Crippen molar-refractivity contribution in [3.05, 3.63) is 33.4 Å². The van der Waals surface area contributed by atoms with Gasteiger partial charge in [-0.15, -0.1) is 11.6 Å². The summed E-state index contributed by atoms with van der Waals surface area (Å²) >= 11 is 7.72. The van der Waals surface area contributed by atoms with E-state index in [1.54, 1.807) is 0 Å². The monoisotopic (exact) mass is 308 g/mol. The minimum Gasteiger partial charge on any atom is -0.294 e. The summed E-state index contributed by atoms with van der Waals surface area (Å²) in [7, 11) is 0. The SMILES string of the molecule is O=C(CCCCl)c1ccc(I)cc1. The standard InChI is InChI=1S/C10H10ClIO/c11-7-1-2-10(13)8-3-5-9(12)6-4-8/h3-6H,1-2,7H2. The number of hydrogen-bond acceptors (Lipinski definition) is 1. The van der Waals surface area contributed by atoms with Crippen molar-refractivity contribution in [2.24, 2.45) is 0 Å². The smallest absolute Gasteiger partial charge is 0.162 e. The maximum Gasteiger partial charge on any atom is 0.162 e. The number of Topliss-reactive ketones (excluding diaryl/α,β-unsaturated/α-hetero) is 1. The molecule has 0 aliphatic rings. The number of carbonyl (C=O) groups is 1. The van der Waals surface area contributed by atoms with Crippen LogP contribution in [0.15, 0.2) is 24.3 Å². The van der Waals surface area contributed by atoms with Crippen LogP contribution in [-0.2, 0) is 0 Å². The van der Waals surface area contributed by atoms with E-state index in [4.69, 9.17) is 11.6 Å². The lowest BCUT2D eigenvalue weighted by atomic mass is 10.1. The Labute approximate surface area is 96.6 Å². The molecular formula is C10H10ClIO. The van der Waals surface area contributed by atoms with Crippen LogP contribution in [0.5, 0.6) is 0 Å². The highest BCUT2D eigenvalue weighted by Gasteiger charge is 2.03. The summed E-state index contributed by atoms with van der Waals surface area (Å²) in [5, 5.41) is 0. The molecule has 0 fully saturated rings. The Morgan fingerprint density at radius 1 is 1.31 bits per heavy atom. The number of benzene rings is 1. The van der Waals surface area contributed by atoms with Gasteiger partial charge in [0.25, 0.3) is 0 Å². The zero-order chi connectivity index (χ0) is 9.68. The van der Waals surface area contributed by atoms with Crippen LogP contribution in [0.3, 0.4) is 0 Å². The second kappa shape index (κ2) is 5.60. The molecule has 0 unspecified atom stereocenters. The number of alkyl halides is 1. The van der Waals surface area contributed by atoms with Crippen LogP contribution in [0.25, 0.3) is 0 Å². The molecule has 0 bridgehead atoms. The van der Waals surface area contributed by atoms with Crippen LogP contribution in [-0.4, -0.2) is 11.7 Å². The fraction of sp³-hybridized carbons (Fsp3) is 0.300. The first-order valence-electron chi connectivity index (χ1n) is 4.09. The average Bonchev–Trinajstić information content (AvgIpc) is 2.15. The minimum atomic E-state index is 0.178. The molecule has 0 aromatic heterocycles. The van der Waals surface area contributed by atoms with E-state index in [1.165, 1.54) is 0 Å². The first kappa shape index (κ1) is 11.0. The van der Waals surface area contributed by atoms with Crippen molar-refractivity contribution in [2.45, 2.75) is 12.8 Å². The molecule has 0 atom stereocenters. The summed E-state index contributed by atoms with van der Waals surface area (Å²) in [6.07, 6.45) is 1.30. The molecule has 0 aliphatic carbocycles. The van der Waals surface area contributed by atoms with Gasteiger partial charge in [0.15, 0.2) is 5.78 Å². The van der Waals surface area contributed by atoms with Crippen molar-refractivity contribution in [1.82, 2.24) is 0 Å². The topological polar surface area (TPSA) is 17.1 Å². The zero-order valence-electron chi connectivity index (χ0n) is 7.09. The average molecular weight is 309 g/mol. The highest BCUT2D eigenvalue weighted by Crippen LogP contribution is 2.09. The van der Waals surface area contributed by atoms with Gasteiger partial charge in [0.1, 0.15) is 0 Å². The summed E-state index contributed by atoms with van der Waals surface area (Å²) in [4.78, 5) is 11.5. The zero-order valence-corrected chi connectivity index (χ0v) is 10.0. The molecule has 3 heteroatoms. The first-order valence-corrected chi connectivity index (χ1v) is 5.70. The predicted octanol–water partition coefficient (Wildman–Crippen LogP) is 3.49. The maximum absolute atomic E-state index is 11.5. The van der Waals surface area contributed by atoms with Gasteiger partial charge in [0, 0.05) is 21.4 Å². The van der Waals surface area contributed by atoms with Crippen LogP contribution >= 0.6 is 34.2 Å². The van der Waals surface area contributed by atoms with Crippen molar-refractivity contribution >= 4 is 40.0 Å². The molecule has 0 amide bonds. The Morgan fingerprint density at radius 3 is 2.46 bits per heavy atom. The molecule has 70 valence electrons. The van der Waals surface area contributed by atoms with E-state index in [1.807, 2.05) is 24.3 Å². The Bertz CT molecular complexity index is 281. The lowest BCUT2D eigenvalue weighted by Crippen LogP contribution is -1.98. The van der Waals surface area contributed by atoms with Gasteiger partial charge in [-0.2, -0.15) is 0 Å². The van der Waals surface area contributed by atoms with E-state index in [2.05, 4.69) is 22.6 Å². The normalized spacial score (nSPS) is 10.0. The van der Waals surface area contributed by atoms with Crippen molar-refractivity contribution < 1.29 is 4.79 Å². The van der Waals surface area contributed by atoms with Crippen molar-refractivity contribution in [3.8, 4) is 0 Å². The molecule has 0 aliphatic heterocycles. The summed E-state index contributed by atoms with van der Waals surface area (Å²) in [5.41, 5.74) is 0.783. The van der Waals surface area contributed by atoms with Gasteiger partial charge in [-0.1, -0.05) is 12.1 Å². The number of rotatable bonds is 4. The van der Waals surface area contributed by atoms with E-state index in [-0.39, 0.29) is 5.78 Å². The Balaban J connectivity index is 2.61. The Morgan fingerprint density at radius 2 is 1.92 bits per heavy atom. The largest absolute Gasteiger partial charge is 0.294 e. The molecule has 1 rings (SSSR count). The van der Waals surface area contributed by atoms with E-state index in [0.717, 1.165) is 15.6 Å².